The molecule has 1 N–H and O–H groups in total. The largest absolute Gasteiger partial charge is 0.339 e. The minimum Gasteiger partial charge on any atom is -0.339 e. The Morgan fingerprint density at radius 1 is 1.59 bits per heavy atom. The van der Waals surface area contributed by atoms with E-state index in [0.717, 1.165) is 28.3 Å². The minimum absolute atomic E-state index is 0.667. The third-order valence-corrected chi connectivity index (χ3v) is 4.56. The van der Waals surface area contributed by atoms with Crippen molar-refractivity contribution in [1.82, 2.24) is 15.5 Å². The number of hydrogen-bond donors (Lipinski definition) is 1. The maximum Gasteiger partial charge on any atom is 0.227 e. The number of hydrogen-bond acceptors (Lipinski definition) is 5. The number of halogens is 2. The van der Waals surface area contributed by atoms with Gasteiger partial charge in [0.1, 0.15) is 4.34 Å². The zero-order valence-electron chi connectivity index (χ0n) is 9.17. The molecule has 0 unspecified atom stereocenters. The molecule has 0 amide bonds. The van der Waals surface area contributed by atoms with Gasteiger partial charge in [0, 0.05) is 28.9 Å². The molecule has 2 heterocycles. The molecule has 0 saturated heterocycles. The Bertz CT molecular complexity index is 480. The van der Waals surface area contributed by atoms with Crippen LogP contribution in [-0.2, 0) is 13.0 Å². The average molecular weight is 337 g/mol. The highest BCUT2D eigenvalue weighted by Gasteiger charge is 2.05. The van der Waals surface area contributed by atoms with Gasteiger partial charge in [-0.1, -0.05) is 16.8 Å². The number of aromatic nitrogens is 2. The highest BCUT2D eigenvalue weighted by molar-refractivity contribution is 9.10. The lowest BCUT2D eigenvalue weighted by Crippen LogP contribution is -2.16. The molecule has 0 atom stereocenters. The quantitative estimate of drug-likeness (QED) is 0.852. The van der Waals surface area contributed by atoms with Crippen LogP contribution >= 0.6 is 38.9 Å². The maximum atomic E-state index is 5.95. The molecule has 4 nitrogen and oxygen atoms in total. The van der Waals surface area contributed by atoms with E-state index in [2.05, 4.69) is 31.4 Å². The topological polar surface area (TPSA) is 51.0 Å². The third-order valence-electron chi connectivity index (χ3n) is 2.08. The van der Waals surface area contributed by atoms with Gasteiger partial charge in [0.2, 0.25) is 5.89 Å². The molecule has 0 aliphatic heterocycles. The van der Waals surface area contributed by atoms with Crippen LogP contribution in [0.5, 0.6) is 0 Å². The number of aryl methyl sites for hydroxylation is 1. The molecule has 2 aromatic heterocycles. The van der Waals surface area contributed by atoms with Gasteiger partial charge in [-0.2, -0.15) is 4.98 Å². The summed E-state index contributed by atoms with van der Waals surface area (Å²) in [5.41, 5.74) is 0. The summed E-state index contributed by atoms with van der Waals surface area (Å²) in [7, 11) is 0. The SMILES string of the molecule is Cc1noc(CCNCc2cc(Br)c(Cl)s2)n1. The molecule has 0 spiro atoms. The lowest BCUT2D eigenvalue weighted by molar-refractivity contribution is 0.372. The molecule has 0 fully saturated rings. The van der Waals surface area contributed by atoms with Crippen LogP contribution in [0.15, 0.2) is 15.1 Å². The molecule has 2 aromatic rings. The van der Waals surface area contributed by atoms with Crippen molar-refractivity contribution in [3.05, 3.63) is 31.5 Å². The monoisotopic (exact) mass is 335 g/mol. The summed E-state index contributed by atoms with van der Waals surface area (Å²) in [5.74, 6) is 1.34. The van der Waals surface area contributed by atoms with Crippen LogP contribution in [0.2, 0.25) is 4.34 Å². The predicted molar refractivity (Wildman–Crippen MR) is 71.5 cm³/mol. The van der Waals surface area contributed by atoms with Crippen molar-refractivity contribution < 1.29 is 4.52 Å². The lowest BCUT2D eigenvalue weighted by Gasteiger charge is -1.99. The van der Waals surface area contributed by atoms with E-state index in [4.69, 9.17) is 16.1 Å². The van der Waals surface area contributed by atoms with Crippen LogP contribution in [0.4, 0.5) is 0 Å². The van der Waals surface area contributed by atoms with Gasteiger partial charge >= 0.3 is 0 Å². The lowest BCUT2D eigenvalue weighted by atomic mass is 10.4. The molecular formula is C10H11BrClN3OS. The van der Waals surface area contributed by atoms with E-state index in [1.807, 2.05) is 13.0 Å². The first-order chi connectivity index (χ1) is 8.15. The van der Waals surface area contributed by atoms with Crippen molar-refractivity contribution >= 4 is 38.9 Å². The molecule has 0 bridgehead atoms. The van der Waals surface area contributed by atoms with Crippen molar-refractivity contribution in [2.45, 2.75) is 19.9 Å². The van der Waals surface area contributed by atoms with Crippen LogP contribution in [0.1, 0.15) is 16.6 Å². The van der Waals surface area contributed by atoms with Crippen LogP contribution in [-0.4, -0.2) is 16.7 Å². The second kappa shape index (κ2) is 5.95. The fraction of sp³-hybridized carbons (Fsp3) is 0.400. The first kappa shape index (κ1) is 13.0. The van der Waals surface area contributed by atoms with Gasteiger partial charge in [-0.3, -0.25) is 0 Å². The first-order valence-corrected chi connectivity index (χ1v) is 7.07. The van der Waals surface area contributed by atoms with Crippen LogP contribution < -0.4 is 5.32 Å². The highest BCUT2D eigenvalue weighted by atomic mass is 79.9. The summed E-state index contributed by atoms with van der Waals surface area (Å²) in [6, 6.07) is 2.02. The molecule has 0 saturated carbocycles. The van der Waals surface area contributed by atoms with Crippen molar-refractivity contribution in [2.24, 2.45) is 0 Å². The second-order valence-electron chi connectivity index (χ2n) is 3.50. The van der Waals surface area contributed by atoms with E-state index < -0.39 is 0 Å². The van der Waals surface area contributed by atoms with Crippen LogP contribution in [0.3, 0.4) is 0 Å². The number of rotatable bonds is 5. The molecule has 92 valence electrons. The normalized spacial score (nSPS) is 11.0. The Morgan fingerprint density at radius 3 is 3.00 bits per heavy atom. The van der Waals surface area contributed by atoms with Gasteiger partial charge in [-0.15, -0.1) is 11.3 Å². The van der Waals surface area contributed by atoms with Crippen molar-refractivity contribution in [1.29, 1.82) is 0 Å². The van der Waals surface area contributed by atoms with Crippen molar-refractivity contribution in [2.75, 3.05) is 6.54 Å². The Kier molecular flexibility index (Phi) is 4.55. The number of thiophene rings is 1. The van der Waals surface area contributed by atoms with Gasteiger partial charge in [-0.25, -0.2) is 0 Å². The fourth-order valence-electron chi connectivity index (χ4n) is 1.33. The van der Waals surface area contributed by atoms with Crippen molar-refractivity contribution in [3.63, 3.8) is 0 Å². The smallest absolute Gasteiger partial charge is 0.227 e. The van der Waals surface area contributed by atoms with Gasteiger partial charge in [0.15, 0.2) is 5.82 Å². The fourth-order valence-corrected chi connectivity index (χ4v) is 3.09. The average Bonchev–Trinajstić information content (AvgIpc) is 2.82. The van der Waals surface area contributed by atoms with Crippen LogP contribution in [0.25, 0.3) is 0 Å². The third kappa shape index (κ3) is 3.77. The Morgan fingerprint density at radius 2 is 2.41 bits per heavy atom. The number of nitrogens with one attached hydrogen (secondary N) is 1. The first-order valence-electron chi connectivity index (χ1n) is 5.09. The summed E-state index contributed by atoms with van der Waals surface area (Å²) >= 11 is 10.9. The molecule has 0 radical (unpaired) electrons. The predicted octanol–water partition coefficient (Wildman–Crippen LogP) is 3.19. The van der Waals surface area contributed by atoms with E-state index in [1.165, 1.54) is 4.88 Å². The Hall–Kier alpha value is -0.430. The molecule has 0 aliphatic carbocycles. The van der Waals surface area contributed by atoms with E-state index in [-0.39, 0.29) is 0 Å². The van der Waals surface area contributed by atoms with Gasteiger partial charge in [0.25, 0.3) is 0 Å². The van der Waals surface area contributed by atoms with Gasteiger partial charge in [-0.05, 0) is 28.9 Å². The maximum absolute atomic E-state index is 5.95. The van der Waals surface area contributed by atoms with E-state index in [9.17, 15) is 0 Å². The number of nitrogens with zero attached hydrogens (tertiary/aromatic N) is 2. The molecule has 17 heavy (non-hydrogen) atoms. The molecule has 7 heteroatoms. The summed E-state index contributed by atoms with van der Waals surface area (Å²) in [5, 5.41) is 7.04. The standard InChI is InChI=1S/C10H11BrClN3OS/c1-6-14-9(16-15-6)2-3-13-5-7-4-8(11)10(12)17-7/h4,13H,2-3,5H2,1H3. The van der Waals surface area contributed by atoms with Crippen LogP contribution in [0, 0.1) is 6.92 Å². The van der Waals surface area contributed by atoms with E-state index in [1.54, 1.807) is 11.3 Å². The van der Waals surface area contributed by atoms with Crippen molar-refractivity contribution in [3.8, 4) is 0 Å². The highest BCUT2D eigenvalue weighted by Crippen LogP contribution is 2.31. The van der Waals surface area contributed by atoms with E-state index >= 15 is 0 Å². The molecule has 0 aliphatic rings. The van der Waals surface area contributed by atoms with E-state index in [0.29, 0.717) is 11.7 Å². The zero-order chi connectivity index (χ0) is 12.3. The molecular weight excluding hydrogens is 326 g/mol. The van der Waals surface area contributed by atoms with Gasteiger partial charge in [0.05, 0.1) is 0 Å². The molecule has 0 aromatic carbocycles. The Balaban J connectivity index is 1.73. The molecule has 2 rings (SSSR count). The van der Waals surface area contributed by atoms with Gasteiger partial charge < -0.3 is 9.84 Å². The minimum atomic E-state index is 0.667. The summed E-state index contributed by atoms with van der Waals surface area (Å²) in [4.78, 5) is 5.33. The summed E-state index contributed by atoms with van der Waals surface area (Å²) in [6.07, 6.45) is 0.737. The summed E-state index contributed by atoms with van der Waals surface area (Å²) in [6.45, 7) is 3.41. The second-order valence-corrected chi connectivity index (χ2v) is 6.09. The summed E-state index contributed by atoms with van der Waals surface area (Å²) < 4.78 is 6.75. The zero-order valence-corrected chi connectivity index (χ0v) is 12.3. The Labute approximate surface area is 116 Å².